The largest absolute Gasteiger partial charge is 0.504 e. The third-order valence-electron chi connectivity index (χ3n) is 2.78. The van der Waals surface area contributed by atoms with Gasteiger partial charge in [0.05, 0.1) is 5.92 Å². The van der Waals surface area contributed by atoms with Crippen LogP contribution in [0.2, 0.25) is 0 Å². The molecule has 0 saturated carbocycles. The Hall–Kier alpha value is -2.11. The number of hydrogen-bond donors (Lipinski definition) is 2. The van der Waals surface area contributed by atoms with E-state index >= 15 is 0 Å². The fraction of sp³-hybridized carbons (Fsp3) is 0.364. The van der Waals surface area contributed by atoms with Crippen molar-refractivity contribution in [1.82, 2.24) is 4.98 Å². The van der Waals surface area contributed by atoms with Crippen LogP contribution in [0, 0.1) is 12.8 Å². The molecule has 1 aromatic heterocycles. The van der Waals surface area contributed by atoms with E-state index in [4.69, 9.17) is 5.73 Å². The second kappa shape index (κ2) is 4.04. The highest BCUT2D eigenvalue weighted by Gasteiger charge is 2.35. The molecule has 1 aliphatic rings. The van der Waals surface area contributed by atoms with Crippen molar-refractivity contribution >= 4 is 17.6 Å². The number of hydrogen-bond acceptors (Lipinski definition) is 4. The topological polar surface area (TPSA) is 96.5 Å². The van der Waals surface area contributed by atoms with Crippen molar-refractivity contribution in [3.05, 3.63) is 17.8 Å². The van der Waals surface area contributed by atoms with Crippen molar-refractivity contribution in [1.29, 1.82) is 0 Å². The number of amides is 2. The summed E-state index contributed by atoms with van der Waals surface area (Å²) in [7, 11) is 0. The highest BCUT2D eigenvalue weighted by atomic mass is 16.3. The van der Waals surface area contributed by atoms with Gasteiger partial charge in [-0.1, -0.05) is 0 Å². The molecule has 0 radical (unpaired) electrons. The smallest absolute Gasteiger partial charge is 0.229 e. The Bertz CT molecular complexity index is 487. The molecule has 90 valence electrons. The number of aryl methyl sites for hydroxylation is 1. The second-order valence-corrected chi connectivity index (χ2v) is 4.10. The van der Waals surface area contributed by atoms with E-state index in [1.54, 1.807) is 13.0 Å². The summed E-state index contributed by atoms with van der Waals surface area (Å²) in [4.78, 5) is 28.2. The van der Waals surface area contributed by atoms with Gasteiger partial charge < -0.3 is 10.8 Å². The number of aromatic nitrogens is 1. The number of aromatic hydroxyl groups is 1. The molecule has 1 unspecified atom stereocenters. The molecule has 3 N–H and O–H groups in total. The Balaban J connectivity index is 2.32. The Kier molecular flexibility index (Phi) is 2.71. The average molecular weight is 235 g/mol. The number of carbonyl (C=O) groups excluding carboxylic acids is 2. The van der Waals surface area contributed by atoms with Crippen molar-refractivity contribution in [2.45, 2.75) is 13.3 Å². The molecule has 1 aliphatic heterocycles. The normalized spacial score (nSPS) is 19.7. The van der Waals surface area contributed by atoms with Crippen LogP contribution in [0.25, 0.3) is 0 Å². The van der Waals surface area contributed by atoms with Crippen LogP contribution in [-0.2, 0) is 9.59 Å². The summed E-state index contributed by atoms with van der Waals surface area (Å²) < 4.78 is 0. The molecule has 1 aromatic rings. The second-order valence-electron chi connectivity index (χ2n) is 4.10. The molecule has 2 amide bonds. The highest BCUT2D eigenvalue weighted by molar-refractivity contribution is 6.00. The van der Waals surface area contributed by atoms with Crippen LogP contribution in [-0.4, -0.2) is 28.4 Å². The van der Waals surface area contributed by atoms with Gasteiger partial charge in [0.2, 0.25) is 11.8 Å². The van der Waals surface area contributed by atoms with E-state index in [2.05, 4.69) is 4.98 Å². The van der Waals surface area contributed by atoms with E-state index in [-0.39, 0.29) is 30.4 Å². The van der Waals surface area contributed by atoms with Gasteiger partial charge in [-0.15, -0.1) is 0 Å². The van der Waals surface area contributed by atoms with Crippen molar-refractivity contribution in [3.63, 3.8) is 0 Å². The van der Waals surface area contributed by atoms with Crippen molar-refractivity contribution in [2.75, 3.05) is 11.4 Å². The molecule has 2 rings (SSSR count). The van der Waals surface area contributed by atoms with E-state index in [1.165, 1.54) is 11.0 Å². The minimum absolute atomic E-state index is 0.0738. The van der Waals surface area contributed by atoms with Gasteiger partial charge in [0.15, 0.2) is 11.6 Å². The van der Waals surface area contributed by atoms with Crippen molar-refractivity contribution in [2.24, 2.45) is 11.7 Å². The number of rotatable bonds is 2. The molecule has 17 heavy (non-hydrogen) atoms. The molecule has 1 fully saturated rings. The van der Waals surface area contributed by atoms with Crippen molar-refractivity contribution < 1.29 is 14.7 Å². The molecule has 0 aliphatic carbocycles. The zero-order chi connectivity index (χ0) is 12.6. The first-order valence-electron chi connectivity index (χ1n) is 5.25. The van der Waals surface area contributed by atoms with Gasteiger partial charge in [0.1, 0.15) is 0 Å². The van der Waals surface area contributed by atoms with Gasteiger partial charge in [0, 0.05) is 18.7 Å². The lowest BCUT2D eigenvalue weighted by atomic mass is 10.1. The highest BCUT2D eigenvalue weighted by Crippen LogP contribution is 2.30. The predicted molar refractivity (Wildman–Crippen MR) is 60.3 cm³/mol. The first kappa shape index (κ1) is 11.4. The number of carbonyl (C=O) groups is 2. The maximum Gasteiger partial charge on any atom is 0.229 e. The zero-order valence-electron chi connectivity index (χ0n) is 9.38. The SMILES string of the molecule is Cc1ccc(O)c(N2CC(C(N)=O)CC2=O)n1. The van der Waals surface area contributed by atoms with Crippen LogP contribution < -0.4 is 10.6 Å². The molecule has 6 nitrogen and oxygen atoms in total. The van der Waals surface area contributed by atoms with Crippen molar-refractivity contribution in [3.8, 4) is 5.75 Å². The molecule has 1 atom stereocenters. The molecule has 0 bridgehead atoms. The Labute approximate surface area is 98.1 Å². The molecule has 1 saturated heterocycles. The lowest BCUT2D eigenvalue weighted by Gasteiger charge is -2.16. The van der Waals surface area contributed by atoms with E-state index in [9.17, 15) is 14.7 Å². The number of nitrogens with two attached hydrogens (primary N) is 1. The van der Waals surface area contributed by atoms with E-state index in [0.29, 0.717) is 5.69 Å². The summed E-state index contributed by atoms with van der Waals surface area (Å²) in [6.07, 6.45) is 0.0738. The Morgan fingerprint density at radius 1 is 1.59 bits per heavy atom. The van der Waals surface area contributed by atoms with Gasteiger partial charge in [-0.05, 0) is 19.1 Å². The quantitative estimate of drug-likeness (QED) is 0.750. The van der Waals surface area contributed by atoms with Crippen LogP contribution in [0.5, 0.6) is 5.75 Å². The van der Waals surface area contributed by atoms with Crippen LogP contribution in [0.3, 0.4) is 0 Å². The van der Waals surface area contributed by atoms with Crippen LogP contribution in [0.1, 0.15) is 12.1 Å². The average Bonchev–Trinajstić information content (AvgIpc) is 2.64. The molecule has 0 spiro atoms. The van der Waals surface area contributed by atoms with Crippen LogP contribution >= 0.6 is 0 Å². The minimum atomic E-state index is -0.510. The van der Waals surface area contributed by atoms with Crippen LogP contribution in [0.4, 0.5) is 5.82 Å². The summed E-state index contributed by atoms with van der Waals surface area (Å²) in [5, 5.41) is 9.67. The van der Waals surface area contributed by atoms with Gasteiger partial charge >= 0.3 is 0 Å². The van der Waals surface area contributed by atoms with Gasteiger partial charge in [-0.25, -0.2) is 4.98 Å². The molecule has 6 heteroatoms. The third-order valence-corrected chi connectivity index (χ3v) is 2.78. The number of primary amides is 1. The summed E-state index contributed by atoms with van der Waals surface area (Å²) in [5.41, 5.74) is 5.86. The zero-order valence-corrected chi connectivity index (χ0v) is 9.38. The lowest BCUT2D eigenvalue weighted by molar-refractivity contribution is -0.123. The molecule has 0 aromatic carbocycles. The fourth-order valence-corrected chi connectivity index (χ4v) is 1.84. The number of nitrogens with zero attached hydrogens (tertiary/aromatic N) is 2. The summed E-state index contributed by atoms with van der Waals surface area (Å²) in [5.74, 6) is -1.15. The first-order valence-corrected chi connectivity index (χ1v) is 5.25. The van der Waals surface area contributed by atoms with E-state index < -0.39 is 11.8 Å². The standard InChI is InChI=1S/C11H13N3O3/c1-6-2-3-8(15)11(13-6)14-5-7(10(12)17)4-9(14)16/h2-3,7,15H,4-5H2,1H3,(H2,12,17). The third kappa shape index (κ3) is 2.06. The molecular weight excluding hydrogens is 222 g/mol. The monoisotopic (exact) mass is 235 g/mol. The number of anilines is 1. The minimum Gasteiger partial charge on any atom is -0.504 e. The molecular formula is C11H13N3O3. The summed E-state index contributed by atoms with van der Waals surface area (Å²) in [6, 6.07) is 3.12. The maximum atomic E-state index is 11.7. The van der Waals surface area contributed by atoms with Gasteiger partial charge in [-0.2, -0.15) is 0 Å². The molecule has 2 heterocycles. The van der Waals surface area contributed by atoms with Crippen LogP contribution in [0.15, 0.2) is 12.1 Å². The Morgan fingerprint density at radius 3 is 2.88 bits per heavy atom. The van der Waals surface area contributed by atoms with Gasteiger partial charge in [-0.3, -0.25) is 14.5 Å². The Morgan fingerprint density at radius 2 is 2.29 bits per heavy atom. The fourth-order valence-electron chi connectivity index (χ4n) is 1.84. The summed E-state index contributed by atoms with van der Waals surface area (Å²) in [6.45, 7) is 1.94. The lowest BCUT2D eigenvalue weighted by Crippen LogP contribution is -2.29. The number of pyridine rings is 1. The van der Waals surface area contributed by atoms with Gasteiger partial charge in [0.25, 0.3) is 0 Å². The summed E-state index contributed by atoms with van der Waals surface area (Å²) >= 11 is 0. The first-order chi connectivity index (χ1) is 7.99. The predicted octanol–water partition coefficient (Wildman–Crippen LogP) is -0.0662. The maximum absolute atomic E-state index is 11.7. The van der Waals surface area contributed by atoms with E-state index in [1.807, 2.05) is 0 Å². The van der Waals surface area contributed by atoms with E-state index in [0.717, 1.165) is 0 Å².